The number of allylic oxidation sites excluding steroid dienone is 16. The van der Waals surface area contributed by atoms with Crippen LogP contribution < -0.4 is 0 Å². The SMILES string of the molecule is CC/C=C\C/C=C\C/C=C\C/C=C\C/C=C\CCCCCCCCCC(=O)OCC(COC(=O)CCCCCCC/C=C\C/C=C\C/C=C\CC)OC(=O)CCCCCCCCCCCCCCCCCCCC. The normalized spacial score (nSPS) is 12.7. The molecule has 0 aromatic rings. The van der Waals surface area contributed by atoms with Gasteiger partial charge in [-0.3, -0.25) is 14.4 Å². The average Bonchev–Trinajstić information content (AvgIpc) is 3.40. The third kappa shape index (κ3) is 59.2. The van der Waals surface area contributed by atoms with E-state index < -0.39 is 6.10 Å². The molecule has 0 saturated carbocycles. The molecule has 0 amide bonds. The van der Waals surface area contributed by atoms with Gasteiger partial charge in [-0.2, -0.15) is 0 Å². The second kappa shape index (κ2) is 61.9. The number of ether oxygens (including phenoxy) is 3. The van der Waals surface area contributed by atoms with Gasteiger partial charge in [-0.25, -0.2) is 0 Å². The Balaban J connectivity index is 4.39. The van der Waals surface area contributed by atoms with E-state index in [9.17, 15) is 14.4 Å². The van der Waals surface area contributed by atoms with Crippen LogP contribution in [0.5, 0.6) is 0 Å². The van der Waals surface area contributed by atoms with Crippen LogP contribution in [0.2, 0.25) is 0 Å². The van der Waals surface area contributed by atoms with Gasteiger partial charge in [0.25, 0.3) is 0 Å². The lowest BCUT2D eigenvalue weighted by Gasteiger charge is -2.18. The number of carbonyl (C=O) groups excluding carboxylic acids is 3. The van der Waals surface area contributed by atoms with E-state index in [1.807, 2.05) is 0 Å². The van der Waals surface area contributed by atoms with Crippen molar-refractivity contribution in [2.75, 3.05) is 13.2 Å². The van der Waals surface area contributed by atoms with Gasteiger partial charge < -0.3 is 14.2 Å². The lowest BCUT2D eigenvalue weighted by molar-refractivity contribution is -0.167. The first-order chi connectivity index (χ1) is 36.5. The molecule has 0 aromatic carbocycles. The summed E-state index contributed by atoms with van der Waals surface area (Å²) in [5, 5.41) is 0. The van der Waals surface area contributed by atoms with E-state index in [0.29, 0.717) is 19.3 Å². The average molecular weight is 1030 g/mol. The molecule has 424 valence electrons. The number of hydrogen-bond acceptors (Lipinski definition) is 6. The molecule has 1 unspecified atom stereocenters. The van der Waals surface area contributed by atoms with Crippen LogP contribution in [0.1, 0.15) is 297 Å². The first-order valence-corrected chi connectivity index (χ1v) is 31.2. The van der Waals surface area contributed by atoms with Gasteiger partial charge in [0.05, 0.1) is 0 Å². The zero-order valence-corrected chi connectivity index (χ0v) is 48.6. The van der Waals surface area contributed by atoms with E-state index in [4.69, 9.17) is 14.2 Å². The highest BCUT2D eigenvalue weighted by Gasteiger charge is 2.19. The van der Waals surface area contributed by atoms with Crippen molar-refractivity contribution in [1.29, 1.82) is 0 Å². The number of carbonyl (C=O) groups is 3. The molecule has 0 fully saturated rings. The molecule has 0 rings (SSSR count). The molecule has 0 N–H and O–H groups in total. The molecule has 0 radical (unpaired) electrons. The van der Waals surface area contributed by atoms with Gasteiger partial charge in [-0.1, -0.05) is 279 Å². The van der Waals surface area contributed by atoms with Crippen LogP contribution in [0, 0.1) is 0 Å². The maximum absolute atomic E-state index is 12.9. The Morgan fingerprint density at radius 3 is 0.824 bits per heavy atom. The van der Waals surface area contributed by atoms with Crippen molar-refractivity contribution >= 4 is 17.9 Å². The maximum atomic E-state index is 12.9. The zero-order chi connectivity index (χ0) is 53.6. The van der Waals surface area contributed by atoms with E-state index in [2.05, 4.69) is 118 Å². The predicted octanol–water partition coefficient (Wildman–Crippen LogP) is 21.3. The Kier molecular flexibility index (Phi) is 58.8. The first kappa shape index (κ1) is 70.3. The van der Waals surface area contributed by atoms with Gasteiger partial charge in [0.2, 0.25) is 0 Å². The molecule has 0 aliphatic carbocycles. The standard InChI is InChI=1S/C68H116O6/c1-4-7-10-13-16-19-22-25-28-30-32-33-34-35-36-38-40-43-46-49-52-55-58-61-67(70)73-64-65(63-72-66(69)60-57-54-51-48-45-42-39-27-24-21-18-15-12-9-6-3)74-68(71)62-59-56-53-50-47-44-41-37-31-29-26-23-20-17-14-11-8-5-2/h7,9-10,12,16,18-19,21,25,27-28,32-33,35-36,39,65H,4-6,8,11,13-15,17,20,22-24,26,29-31,34,37-38,40-64H2,1-3H3/b10-7-,12-9-,19-16-,21-18-,28-25-,33-32-,36-35-,39-27-. The molecule has 0 bridgehead atoms. The lowest BCUT2D eigenvalue weighted by Crippen LogP contribution is -2.30. The second-order valence-corrected chi connectivity index (χ2v) is 20.6. The van der Waals surface area contributed by atoms with Crippen LogP contribution in [0.3, 0.4) is 0 Å². The van der Waals surface area contributed by atoms with Gasteiger partial charge in [0, 0.05) is 19.3 Å². The van der Waals surface area contributed by atoms with Crippen molar-refractivity contribution in [1.82, 2.24) is 0 Å². The predicted molar refractivity (Wildman–Crippen MR) is 320 cm³/mol. The van der Waals surface area contributed by atoms with Crippen molar-refractivity contribution in [3.05, 3.63) is 97.2 Å². The van der Waals surface area contributed by atoms with Crippen LogP contribution in [0.15, 0.2) is 97.2 Å². The van der Waals surface area contributed by atoms with Crippen molar-refractivity contribution in [3.8, 4) is 0 Å². The topological polar surface area (TPSA) is 78.9 Å². The Morgan fingerprint density at radius 1 is 0.284 bits per heavy atom. The Morgan fingerprint density at radius 2 is 0.527 bits per heavy atom. The summed E-state index contributed by atoms with van der Waals surface area (Å²) in [6, 6.07) is 0. The Hall–Kier alpha value is -3.67. The smallest absolute Gasteiger partial charge is 0.306 e. The van der Waals surface area contributed by atoms with Crippen LogP contribution in [0.4, 0.5) is 0 Å². The summed E-state index contributed by atoms with van der Waals surface area (Å²) in [4.78, 5) is 38.3. The third-order valence-corrected chi connectivity index (χ3v) is 13.3. The molecule has 6 nitrogen and oxygen atoms in total. The van der Waals surface area contributed by atoms with Gasteiger partial charge in [-0.05, 0) is 96.3 Å². The minimum atomic E-state index is -0.790. The number of esters is 3. The fourth-order valence-corrected chi connectivity index (χ4v) is 8.72. The van der Waals surface area contributed by atoms with E-state index in [1.54, 1.807) is 0 Å². The third-order valence-electron chi connectivity index (χ3n) is 13.3. The monoisotopic (exact) mass is 1030 g/mol. The summed E-state index contributed by atoms with van der Waals surface area (Å²) in [7, 11) is 0. The van der Waals surface area contributed by atoms with Gasteiger partial charge in [0.1, 0.15) is 13.2 Å². The van der Waals surface area contributed by atoms with E-state index in [0.717, 1.165) is 135 Å². The fraction of sp³-hybridized carbons (Fsp3) is 0.721. The van der Waals surface area contributed by atoms with Crippen LogP contribution in [-0.2, 0) is 28.6 Å². The fourth-order valence-electron chi connectivity index (χ4n) is 8.72. The van der Waals surface area contributed by atoms with Crippen LogP contribution in [-0.4, -0.2) is 37.2 Å². The number of unbranched alkanes of at least 4 members (excludes halogenated alkanes) is 29. The van der Waals surface area contributed by atoms with Crippen molar-refractivity contribution in [2.24, 2.45) is 0 Å². The molecule has 0 aliphatic heterocycles. The summed E-state index contributed by atoms with van der Waals surface area (Å²) < 4.78 is 16.9. The highest BCUT2D eigenvalue weighted by atomic mass is 16.6. The molecule has 0 saturated heterocycles. The summed E-state index contributed by atoms with van der Waals surface area (Å²) in [5.74, 6) is -0.903. The minimum absolute atomic E-state index is 0.0874. The number of hydrogen-bond donors (Lipinski definition) is 0. The van der Waals surface area contributed by atoms with E-state index >= 15 is 0 Å². The van der Waals surface area contributed by atoms with Crippen molar-refractivity contribution in [3.63, 3.8) is 0 Å². The number of rotatable bonds is 56. The van der Waals surface area contributed by atoms with Crippen LogP contribution >= 0.6 is 0 Å². The lowest BCUT2D eigenvalue weighted by atomic mass is 10.0. The first-order valence-electron chi connectivity index (χ1n) is 31.2. The molecule has 0 aromatic heterocycles. The quantitative estimate of drug-likeness (QED) is 0.0261. The summed E-state index contributed by atoms with van der Waals surface area (Å²) in [6.45, 7) is 6.42. The largest absolute Gasteiger partial charge is 0.462 e. The highest BCUT2D eigenvalue weighted by Crippen LogP contribution is 2.16. The molecule has 0 spiro atoms. The molecule has 0 heterocycles. The molecular formula is C68H116O6. The second-order valence-electron chi connectivity index (χ2n) is 20.6. The Bertz CT molecular complexity index is 1460. The molecule has 6 heteroatoms. The Labute approximate surface area is 457 Å². The summed E-state index contributed by atoms with van der Waals surface area (Å²) >= 11 is 0. The minimum Gasteiger partial charge on any atom is -0.462 e. The van der Waals surface area contributed by atoms with Crippen molar-refractivity contribution in [2.45, 2.75) is 303 Å². The molecular weight excluding hydrogens is 913 g/mol. The van der Waals surface area contributed by atoms with E-state index in [-0.39, 0.29) is 31.1 Å². The highest BCUT2D eigenvalue weighted by molar-refractivity contribution is 5.71. The summed E-state index contributed by atoms with van der Waals surface area (Å²) in [5.41, 5.74) is 0. The van der Waals surface area contributed by atoms with Gasteiger partial charge >= 0.3 is 17.9 Å². The molecule has 1 atom stereocenters. The molecule has 74 heavy (non-hydrogen) atoms. The van der Waals surface area contributed by atoms with E-state index in [1.165, 1.54) is 122 Å². The van der Waals surface area contributed by atoms with Gasteiger partial charge in [0.15, 0.2) is 6.10 Å². The maximum Gasteiger partial charge on any atom is 0.306 e. The molecule has 0 aliphatic rings. The zero-order valence-electron chi connectivity index (χ0n) is 48.6. The summed E-state index contributed by atoms with van der Waals surface area (Å²) in [6.07, 6.45) is 82.6. The van der Waals surface area contributed by atoms with Gasteiger partial charge in [-0.15, -0.1) is 0 Å². The van der Waals surface area contributed by atoms with Crippen LogP contribution in [0.25, 0.3) is 0 Å². The van der Waals surface area contributed by atoms with Crippen molar-refractivity contribution < 1.29 is 28.6 Å².